The lowest BCUT2D eigenvalue weighted by Gasteiger charge is -2.26. The van der Waals surface area contributed by atoms with Gasteiger partial charge in [0.05, 0.1) is 5.56 Å². The lowest BCUT2D eigenvalue weighted by molar-refractivity contribution is -0.125. The first kappa shape index (κ1) is 16.2. The van der Waals surface area contributed by atoms with Crippen LogP contribution in [0.25, 0.3) is 0 Å². The Morgan fingerprint density at radius 1 is 1.18 bits per heavy atom. The van der Waals surface area contributed by atoms with Gasteiger partial charge >= 0.3 is 5.97 Å². The number of benzene rings is 1. The summed E-state index contributed by atoms with van der Waals surface area (Å²) in [6.45, 7) is 1.94. The van der Waals surface area contributed by atoms with Crippen molar-refractivity contribution in [3.8, 4) is 0 Å². The molecule has 118 valence electrons. The third kappa shape index (κ3) is 4.69. The summed E-state index contributed by atoms with van der Waals surface area (Å²) in [5, 5.41) is 2.90. The van der Waals surface area contributed by atoms with E-state index < -0.39 is 5.97 Å². The molecular formula is C17H21NO4. The Labute approximate surface area is 130 Å². The van der Waals surface area contributed by atoms with Crippen molar-refractivity contribution in [3.05, 3.63) is 35.4 Å². The molecule has 5 heteroatoms. The molecule has 0 radical (unpaired) electrons. The first-order chi connectivity index (χ1) is 10.6. The first-order valence-electron chi connectivity index (χ1n) is 7.60. The van der Waals surface area contributed by atoms with Gasteiger partial charge in [-0.3, -0.25) is 9.59 Å². The molecule has 0 aromatic heterocycles. The molecule has 0 spiro atoms. The fraction of sp³-hybridized carbons (Fsp3) is 0.471. The van der Waals surface area contributed by atoms with Crippen LogP contribution in [0.2, 0.25) is 0 Å². The number of amides is 1. The van der Waals surface area contributed by atoms with E-state index >= 15 is 0 Å². The smallest absolute Gasteiger partial charge is 0.338 e. The number of hydrogen-bond acceptors (Lipinski definition) is 4. The van der Waals surface area contributed by atoms with Crippen LogP contribution in [0, 0.1) is 5.92 Å². The third-order valence-corrected chi connectivity index (χ3v) is 4.00. The van der Waals surface area contributed by atoms with E-state index in [0.29, 0.717) is 17.4 Å². The van der Waals surface area contributed by atoms with Crippen molar-refractivity contribution in [2.45, 2.75) is 38.6 Å². The maximum Gasteiger partial charge on any atom is 0.338 e. The lowest BCUT2D eigenvalue weighted by atomic mass is 9.87. The minimum Gasteiger partial charge on any atom is -0.452 e. The Balaban J connectivity index is 1.75. The molecule has 2 rings (SSSR count). The Morgan fingerprint density at radius 2 is 1.82 bits per heavy atom. The van der Waals surface area contributed by atoms with Gasteiger partial charge < -0.3 is 10.1 Å². The molecule has 0 heterocycles. The van der Waals surface area contributed by atoms with Crippen LogP contribution in [-0.4, -0.2) is 30.8 Å². The minimum atomic E-state index is -0.565. The highest BCUT2D eigenvalue weighted by Gasteiger charge is 2.20. The third-order valence-electron chi connectivity index (χ3n) is 4.00. The number of nitrogens with one attached hydrogen (secondary N) is 1. The van der Waals surface area contributed by atoms with Crippen molar-refractivity contribution >= 4 is 18.2 Å². The van der Waals surface area contributed by atoms with Crippen LogP contribution in [0.5, 0.6) is 0 Å². The molecule has 1 N–H and O–H groups in total. The molecule has 1 fully saturated rings. The highest BCUT2D eigenvalue weighted by atomic mass is 16.5. The Hall–Kier alpha value is -2.17. The summed E-state index contributed by atoms with van der Waals surface area (Å²) in [4.78, 5) is 34.1. The largest absolute Gasteiger partial charge is 0.452 e. The van der Waals surface area contributed by atoms with Crippen molar-refractivity contribution < 1.29 is 19.1 Å². The molecule has 1 saturated carbocycles. The van der Waals surface area contributed by atoms with E-state index in [-0.39, 0.29) is 18.6 Å². The van der Waals surface area contributed by atoms with Gasteiger partial charge in [0, 0.05) is 11.6 Å². The van der Waals surface area contributed by atoms with Crippen molar-refractivity contribution in [1.82, 2.24) is 5.32 Å². The fourth-order valence-electron chi connectivity index (χ4n) is 2.59. The molecule has 1 aliphatic rings. The number of carbonyl (C=O) groups is 3. The van der Waals surface area contributed by atoms with Crippen molar-refractivity contribution in [2.75, 3.05) is 6.61 Å². The standard InChI is InChI=1S/C17H21NO4/c1-12-2-8-15(9-3-12)18-16(20)11-22-17(21)14-6-4-13(10-19)5-7-14/h4-7,10,12,15H,2-3,8-9,11H2,1H3,(H,18,20). The van der Waals surface area contributed by atoms with E-state index in [4.69, 9.17) is 4.74 Å². The molecule has 0 aliphatic heterocycles. The van der Waals surface area contributed by atoms with Gasteiger partial charge in [0.1, 0.15) is 6.29 Å². The van der Waals surface area contributed by atoms with E-state index in [0.717, 1.165) is 31.6 Å². The molecule has 0 bridgehead atoms. The molecule has 5 nitrogen and oxygen atoms in total. The summed E-state index contributed by atoms with van der Waals surface area (Å²) in [5.74, 6) is -0.109. The summed E-state index contributed by atoms with van der Waals surface area (Å²) in [6.07, 6.45) is 4.90. The average molecular weight is 303 g/mol. The molecule has 0 atom stereocenters. The lowest BCUT2D eigenvalue weighted by Crippen LogP contribution is -2.39. The number of rotatable bonds is 5. The van der Waals surface area contributed by atoms with Gasteiger partial charge in [-0.1, -0.05) is 19.1 Å². The van der Waals surface area contributed by atoms with E-state index in [1.165, 1.54) is 24.3 Å². The van der Waals surface area contributed by atoms with Crippen LogP contribution < -0.4 is 5.32 Å². The zero-order valence-electron chi connectivity index (χ0n) is 12.7. The predicted octanol–water partition coefficient (Wildman–Crippen LogP) is 2.35. The van der Waals surface area contributed by atoms with Crippen LogP contribution >= 0.6 is 0 Å². The maximum absolute atomic E-state index is 11.8. The predicted molar refractivity (Wildman–Crippen MR) is 81.7 cm³/mol. The molecule has 1 aromatic carbocycles. The van der Waals surface area contributed by atoms with E-state index in [1.54, 1.807) is 0 Å². The quantitative estimate of drug-likeness (QED) is 0.669. The van der Waals surface area contributed by atoms with Gasteiger partial charge in [-0.05, 0) is 43.7 Å². The van der Waals surface area contributed by atoms with Gasteiger partial charge in [0.2, 0.25) is 0 Å². The number of ether oxygens (including phenoxy) is 1. The molecule has 1 amide bonds. The average Bonchev–Trinajstić information content (AvgIpc) is 2.55. The maximum atomic E-state index is 11.8. The van der Waals surface area contributed by atoms with Crippen LogP contribution in [0.1, 0.15) is 53.3 Å². The number of esters is 1. The Kier molecular flexibility index (Phi) is 5.69. The van der Waals surface area contributed by atoms with Gasteiger partial charge in [-0.2, -0.15) is 0 Å². The van der Waals surface area contributed by atoms with Crippen molar-refractivity contribution in [2.24, 2.45) is 5.92 Å². The van der Waals surface area contributed by atoms with Gasteiger partial charge in [0.25, 0.3) is 5.91 Å². The van der Waals surface area contributed by atoms with Crippen LogP contribution in [0.4, 0.5) is 0 Å². The molecule has 0 saturated heterocycles. The second-order valence-electron chi connectivity index (χ2n) is 5.84. The number of aldehydes is 1. The van der Waals surface area contributed by atoms with Crippen LogP contribution in [0.15, 0.2) is 24.3 Å². The van der Waals surface area contributed by atoms with E-state index in [9.17, 15) is 14.4 Å². The second-order valence-corrected chi connectivity index (χ2v) is 5.84. The first-order valence-corrected chi connectivity index (χ1v) is 7.60. The van der Waals surface area contributed by atoms with E-state index in [2.05, 4.69) is 12.2 Å². The van der Waals surface area contributed by atoms with E-state index in [1.807, 2.05) is 0 Å². The highest BCUT2D eigenvalue weighted by molar-refractivity contribution is 5.92. The normalized spacial score (nSPS) is 21.0. The van der Waals surface area contributed by atoms with Crippen molar-refractivity contribution in [1.29, 1.82) is 0 Å². The fourth-order valence-corrected chi connectivity index (χ4v) is 2.59. The molecule has 1 aliphatic carbocycles. The van der Waals surface area contributed by atoms with Gasteiger partial charge in [0.15, 0.2) is 6.61 Å². The Bertz CT molecular complexity index is 530. The SMILES string of the molecule is CC1CCC(NC(=O)COC(=O)c2ccc(C=O)cc2)CC1. The summed E-state index contributed by atoms with van der Waals surface area (Å²) in [7, 11) is 0. The second kappa shape index (κ2) is 7.73. The molecule has 22 heavy (non-hydrogen) atoms. The Morgan fingerprint density at radius 3 is 2.41 bits per heavy atom. The molecule has 1 aromatic rings. The summed E-state index contributed by atoms with van der Waals surface area (Å²) in [5.41, 5.74) is 0.811. The van der Waals surface area contributed by atoms with Gasteiger partial charge in [-0.25, -0.2) is 4.79 Å². The zero-order valence-corrected chi connectivity index (χ0v) is 12.7. The van der Waals surface area contributed by atoms with Gasteiger partial charge in [-0.15, -0.1) is 0 Å². The zero-order chi connectivity index (χ0) is 15.9. The summed E-state index contributed by atoms with van der Waals surface area (Å²) < 4.78 is 4.99. The monoisotopic (exact) mass is 303 g/mol. The molecular weight excluding hydrogens is 282 g/mol. The van der Waals surface area contributed by atoms with Crippen LogP contribution in [0.3, 0.4) is 0 Å². The highest BCUT2D eigenvalue weighted by Crippen LogP contribution is 2.23. The summed E-state index contributed by atoms with van der Waals surface area (Å²) in [6, 6.07) is 6.27. The summed E-state index contributed by atoms with van der Waals surface area (Å²) >= 11 is 0. The van der Waals surface area contributed by atoms with Crippen molar-refractivity contribution in [3.63, 3.8) is 0 Å². The number of carbonyl (C=O) groups excluding carboxylic acids is 3. The minimum absolute atomic E-state index is 0.189. The topological polar surface area (TPSA) is 72.5 Å². The molecule has 0 unspecified atom stereocenters. The number of hydrogen-bond donors (Lipinski definition) is 1. The van der Waals surface area contributed by atoms with Crippen LogP contribution in [-0.2, 0) is 9.53 Å².